The summed E-state index contributed by atoms with van der Waals surface area (Å²) in [5.74, 6) is -0.0448. The van der Waals surface area contributed by atoms with Crippen LogP contribution in [0.5, 0.6) is 0 Å². The van der Waals surface area contributed by atoms with Crippen molar-refractivity contribution >= 4 is 38.8 Å². The Morgan fingerprint density at radius 2 is 2.28 bits per heavy atom. The third-order valence-electron chi connectivity index (χ3n) is 2.86. The van der Waals surface area contributed by atoms with Crippen LogP contribution in [0, 0.1) is 5.92 Å². The van der Waals surface area contributed by atoms with Gasteiger partial charge < -0.3 is 4.74 Å². The van der Waals surface area contributed by atoms with E-state index >= 15 is 0 Å². The fourth-order valence-electron chi connectivity index (χ4n) is 1.85. The number of hydrogen-bond acceptors (Lipinski definition) is 4. The molecule has 0 spiro atoms. The van der Waals surface area contributed by atoms with Crippen molar-refractivity contribution in [3.8, 4) is 0 Å². The van der Waals surface area contributed by atoms with Crippen LogP contribution in [0.25, 0.3) is 0 Å². The van der Waals surface area contributed by atoms with Gasteiger partial charge in [0.15, 0.2) is 0 Å². The molecule has 1 aliphatic rings. The number of hydrogen-bond donors (Lipinski definition) is 1. The molecule has 1 heterocycles. The number of piperidine rings is 1. The van der Waals surface area contributed by atoms with Crippen LogP contribution < -0.4 is 4.72 Å². The maximum atomic E-state index is 12.0. The summed E-state index contributed by atoms with van der Waals surface area (Å²) in [7, 11) is -2.20. The van der Waals surface area contributed by atoms with Crippen molar-refractivity contribution in [1.29, 1.82) is 0 Å². The molecule has 2 atom stereocenters. The second-order valence-electron chi connectivity index (χ2n) is 4.45. The molecule has 0 saturated carbocycles. The lowest BCUT2D eigenvalue weighted by molar-refractivity contribution is -0.139. The molecule has 1 N–H and O–H groups in total. The van der Waals surface area contributed by atoms with Crippen molar-refractivity contribution in [2.45, 2.75) is 23.7 Å². The summed E-state index contributed by atoms with van der Waals surface area (Å²) in [6.07, 6.45) is 1.94. The van der Waals surface area contributed by atoms with Gasteiger partial charge in [0.05, 0.1) is 7.11 Å². The molecule has 0 radical (unpaired) electrons. The fraction of sp³-hybridized carbons (Fsp3) is 0.900. The van der Waals surface area contributed by atoms with E-state index in [1.165, 1.54) is 11.4 Å². The molecule has 0 amide bonds. The summed E-state index contributed by atoms with van der Waals surface area (Å²) in [5, 5.41) is 0. The van der Waals surface area contributed by atoms with Crippen LogP contribution in [0.3, 0.4) is 0 Å². The van der Waals surface area contributed by atoms with Gasteiger partial charge in [0.1, 0.15) is 3.92 Å². The highest BCUT2D eigenvalue weighted by atomic mass is 127. The summed E-state index contributed by atoms with van der Waals surface area (Å²) < 4.78 is 31.9. The highest BCUT2D eigenvalue weighted by Crippen LogP contribution is 2.17. The monoisotopic (exact) mass is 390 g/mol. The van der Waals surface area contributed by atoms with Crippen molar-refractivity contribution in [2.75, 3.05) is 26.7 Å². The molecular formula is C10H19IN2O4S. The number of carbonyl (C=O) groups is 1. The Labute approximate surface area is 122 Å². The molecule has 8 heteroatoms. The Morgan fingerprint density at radius 1 is 1.61 bits per heavy atom. The van der Waals surface area contributed by atoms with E-state index in [0.717, 1.165) is 12.8 Å². The third kappa shape index (κ3) is 4.63. The van der Waals surface area contributed by atoms with Gasteiger partial charge in [0.25, 0.3) is 10.2 Å². The number of nitrogens with one attached hydrogen (secondary N) is 1. The first-order valence-electron chi connectivity index (χ1n) is 5.83. The maximum Gasteiger partial charge on any atom is 0.319 e. The minimum Gasteiger partial charge on any atom is -0.468 e. The van der Waals surface area contributed by atoms with Crippen molar-refractivity contribution in [3.05, 3.63) is 0 Å². The van der Waals surface area contributed by atoms with Crippen molar-refractivity contribution in [2.24, 2.45) is 5.92 Å². The average Bonchev–Trinajstić information content (AvgIpc) is 2.35. The molecule has 1 saturated heterocycles. The topological polar surface area (TPSA) is 75.7 Å². The number of rotatable bonds is 5. The number of ether oxygens (including phenoxy) is 1. The van der Waals surface area contributed by atoms with Crippen LogP contribution in [0.1, 0.15) is 19.8 Å². The Bertz CT molecular complexity index is 387. The van der Waals surface area contributed by atoms with E-state index in [-0.39, 0.29) is 6.54 Å². The quantitative estimate of drug-likeness (QED) is 0.422. The Morgan fingerprint density at radius 3 is 2.83 bits per heavy atom. The molecule has 106 valence electrons. The van der Waals surface area contributed by atoms with Gasteiger partial charge in [-0.1, -0.05) is 29.5 Å². The zero-order chi connectivity index (χ0) is 13.8. The number of alkyl halides is 1. The largest absolute Gasteiger partial charge is 0.468 e. The molecule has 0 aromatic rings. The second-order valence-corrected chi connectivity index (χ2v) is 7.71. The van der Waals surface area contributed by atoms with Crippen LogP contribution in [0.2, 0.25) is 0 Å². The summed E-state index contributed by atoms with van der Waals surface area (Å²) >= 11 is 1.86. The van der Waals surface area contributed by atoms with E-state index in [1.807, 2.05) is 29.5 Å². The molecule has 6 nitrogen and oxygen atoms in total. The van der Waals surface area contributed by atoms with Crippen LogP contribution >= 0.6 is 22.6 Å². The first-order valence-corrected chi connectivity index (χ1v) is 8.52. The van der Waals surface area contributed by atoms with Gasteiger partial charge in [-0.3, -0.25) is 4.79 Å². The van der Waals surface area contributed by atoms with Gasteiger partial charge in [0.2, 0.25) is 0 Å². The normalized spacial score (nSPS) is 23.6. The van der Waals surface area contributed by atoms with Crippen LogP contribution in [0.15, 0.2) is 0 Å². The molecule has 0 aromatic heterocycles. The van der Waals surface area contributed by atoms with Gasteiger partial charge in [-0.2, -0.15) is 12.7 Å². The lowest BCUT2D eigenvalue weighted by Gasteiger charge is -2.30. The Hall–Kier alpha value is 0.0700. The van der Waals surface area contributed by atoms with Crippen molar-refractivity contribution in [3.63, 3.8) is 0 Å². The highest BCUT2D eigenvalue weighted by molar-refractivity contribution is 14.1. The lowest BCUT2D eigenvalue weighted by atomic mass is 10.0. The van der Waals surface area contributed by atoms with Gasteiger partial charge in [-0.15, -0.1) is 0 Å². The number of nitrogens with zero attached hydrogens (tertiary/aromatic N) is 1. The van der Waals surface area contributed by atoms with E-state index in [4.69, 9.17) is 0 Å². The minimum atomic E-state index is -3.48. The maximum absolute atomic E-state index is 12.0. The first-order chi connectivity index (χ1) is 8.36. The molecular weight excluding hydrogens is 371 g/mol. The van der Waals surface area contributed by atoms with Gasteiger partial charge in [-0.05, 0) is 18.8 Å². The minimum absolute atomic E-state index is 0.0560. The molecule has 2 unspecified atom stereocenters. The highest BCUT2D eigenvalue weighted by Gasteiger charge is 2.28. The van der Waals surface area contributed by atoms with Gasteiger partial charge in [0, 0.05) is 19.6 Å². The predicted molar refractivity (Wildman–Crippen MR) is 76.7 cm³/mol. The molecule has 0 aliphatic carbocycles. The SMILES string of the molecule is COC(=O)C(I)CNS(=O)(=O)N1CCCC(C)C1. The van der Waals surface area contributed by atoms with Crippen LogP contribution in [0.4, 0.5) is 0 Å². The molecule has 1 fully saturated rings. The number of esters is 1. The fourth-order valence-corrected chi connectivity index (χ4v) is 4.00. The number of carbonyl (C=O) groups excluding carboxylic acids is 1. The van der Waals surface area contributed by atoms with E-state index in [1.54, 1.807) is 0 Å². The zero-order valence-corrected chi connectivity index (χ0v) is 13.5. The van der Waals surface area contributed by atoms with Crippen molar-refractivity contribution in [1.82, 2.24) is 9.03 Å². The van der Waals surface area contributed by atoms with E-state index in [0.29, 0.717) is 19.0 Å². The van der Waals surface area contributed by atoms with E-state index in [9.17, 15) is 13.2 Å². The van der Waals surface area contributed by atoms with Crippen LogP contribution in [-0.4, -0.2) is 49.4 Å². The van der Waals surface area contributed by atoms with Crippen LogP contribution in [-0.2, 0) is 19.7 Å². The molecule has 1 aliphatic heterocycles. The van der Waals surface area contributed by atoms with E-state index in [2.05, 4.69) is 9.46 Å². The average molecular weight is 390 g/mol. The second kappa shape index (κ2) is 7.01. The molecule has 1 rings (SSSR count). The standard InChI is InChI=1S/C10H19IN2O4S/c1-8-4-3-5-13(7-8)18(15,16)12-6-9(11)10(14)17-2/h8-9,12H,3-7H2,1-2H3. The first kappa shape index (κ1) is 16.1. The summed E-state index contributed by atoms with van der Waals surface area (Å²) in [4.78, 5) is 11.2. The summed E-state index contributed by atoms with van der Waals surface area (Å²) in [5.41, 5.74) is 0. The van der Waals surface area contributed by atoms with Crippen molar-refractivity contribution < 1.29 is 17.9 Å². The molecule has 0 bridgehead atoms. The molecule has 0 aromatic carbocycles. The number of methoxy groups -OCH3 is 1. The van der Waals surface area contributed by atoms with Gasteiger partial charge >= 0.3 is 5.97 Å². The lowest BCUT2D eigenvalue weighted by Crippen LogP contribution is -2.47. The van der Waals surface area contributed by atoms with Gasteiger partial charge in [-0.25, -0.2) is 4.72 Å². The smallest absolute Gasteiger partial charge is 0.319 e. The summed E-state index contributed by atoms with van der Waals surface area (Å²) in [6.45, 7) is 3.18. The molecule has 18 heavy (non-hydrogen) atoms. The number of halogens is 1. The summed E-state index contributed by atoms with van der Waals surface area (Å²) in [6, 6.07) is 0. The van der Waals surface area contributed by atoms with E-state index < -0.39 is 20.1 Å². The Balaban J connectivity index is 2.51. The zero-order valence-electron chi connectivity index (χ0n) is 10.6. The third-order valence-corrected chi connectivity index (χ3v) is 5.35. The predicted octanol–water partition coefficient (Wildman–Crippen LogP) is 0.529. The Kier molecular flexibility index (Phi) is 6.28.